The number of ketones is 1. The second-order valence-corrected chi connectivity index (χ2v) is 4.67. The molecule has 0 unspecified atom stereocenters. The lowest BCUT2D eigenvalue weighted by Crippen LogP contribution is -1.86. The number of hydrogen-bond acceptors (Lipinski definition) is 2. The average molecular weight is 278 g/mol. The zero-order valence-corrected chi connectivity index (χ0v) is 12.0. The first-order valence-electron chi connectivity index (χ1n) is 6.85. The molecule has 0 aliphatic rings. The number of allylic oxidation sites excluding steroid dienone is 3. The average Bonchev–Trinajstić information content (AvgIpc) is 2.52. The monoisotopic (exact) mass is 278 g/mol. The first kappa shape index (κ1) is 14.8. The molecule has 21 heavy (non-hydrogen) atoms. The Kier molecular flexibility index (Phi) is 5.53. The van der Waals surface area contributed by atoms with Crippen molar-refractivity contribution in [1.82, 2.24) is 0 Å². The Labute approximate surface area is 125 Å². The normalized spacial score (nSPS) is 11.1. The van der Waals surface area contributed by atoms with E-state index in [1.807, 2.05) is 18.2 Å². The third-order valence-electron chi connectivity index (χ3n) is 2.93. The third-order valence-corrected chi connectivity index (χ3v) is 2.93. The summed E-state index contributed by atoms with van der Waals surface area (Å²) in [4.78, 5) is 10.7. The second kappa shape index (κ2) is 7.85. The van der Waals surface area contributed by atoms with Gasteiger partial charge in [-0.15, -0.1) is 0 Å². The minimum Gasteiger partial charge on any atom is -0.497 e. The van der Waals surface area contributed by atoms with Gasteiger partial charge in [0.15, 0.2) is 5.78 Å². The topological polar surface area (TPSA) is 26.3 Å². The van der Waals surface area contributed by atoms with Crippen molar-refractivity contribution in [2.45, 2.75) is 13.5 Å². The summed E-state index contributed by atoms with van der Waals surface area (Å²) in [6.45, 7) is 2.03. The van der Waals surface area contributed by atoms with E-state index in [1.165, 1.54) is 24.1 Å². The maximum Gasteiger partial charge on any atom is 0.152 e. The summed E-state index contributed by atoms with van der Waals surface area (Å²) in [6, 6.07) is 18.6. The van der Waals surface area contributed by atoms with E-state index in [2.05, 4.69) is 36.4 Å². The van der Waals surface area contributed by atoms with Gasteiger partial charge in [0.25, 0.3) is 0 Å². The van der Waals surface area contributed by atoms with Gasteiger partial charge >= 0.3 is 0 Å². The van der Waals surface area contributed by atoms with Crippen molar-refractivity contribution in [3.8, 4) is 11.1 Å². The Bertz CT molecular complexity index is 622. The van der Waals surface area contributed by atoms with Gasteiger partial charge in [-0.3, -0.25) is 4.79 Å². The van der Waals surface area contributed by atoms with E-state index in [4.69, 9.17) is 4.74 Å². The van der Waals surface area contributed by atoms with Crippen LogP contribution >= 0.6 is 0 Å². The largest absolute Gasteiger partial charge is 0.497 e. The van der Waals surface area contributed by atoms with Gasteiger partial charge in [-0.2, -0.15) is 0 Å². The van der Waals surface area contributed by atoms with Gasteiger partial charge in [0.1, 0.15) is 6.61 Å². The van der Waals surface area contributed by atoms with Crippen molar-refractivity contribution in [2.24, 2.45) is 0 Å². The minimum absolute atomic E-state index is 0.0242. The SMILES string of the molecule is CC(=O)C=CC=COCc1ccc(-c2ccccc2)cc1. The van der Waals surface area contributed by atoms with Crippen LogP contribution in [0.1, 0.15) is 12.5 Å². The lowest BCUT2D eigenvalue weighted by Gasteiger charge is -2.04. The molecule has 0 aliphatic heterocycles. The maximum absolute atomic E-state index is 10.7. The van der Waals surface area contributed by atoms with E-state index in [-0.39, 0.29) is 5.78 Å². The van der Waals surface area contributed by atoms with Gasteiger partial charge in [-0.1, -0.05) is 60.7 Å². The Balaban J connectivity index is 1.87. The fourth-order valence-corrected chi connectivity index (χ4v) is 1.86. The summed E-state index contributed by atoms with van der Waals surface area (Å²) in [5.74, 6) is 0.0242. The van der Waals surface area contributed by atoms with Crippen molar-refractivity contribution in [2.75, 3.05) is 0 Å². The van der Waals surface area contributed by atoms with Gasteiger partial charge in [-0.25, -0.2) is 0 Å². The molecular formula is C19H18O2. The van der Waals surface area contributed by atoms with Crippen molar-refractivity contribution in [3.05, 3.63) is 84.7 Å². The van der Waals surface area contributed by atoms with Gasteiger partial charge in [0.05, 0.1) is 6.26 Å². The summed E-state index contributed by atoms with van der Waals surface area (Å²) in [6.07, 6.45) is 6.46. The Morgan fingerprint density at radius 2 is 1.62 bits per heavy atom. The summed E-state index contributed by atoms with van der Waals surface area (Å²) >= 11 is 0. The number of ether oxygens (including phenoxy) is 1. The number of carbonyl (C=O) groups is 1. The molecule has 0 bridgehead atoms. The highest BCUT2D eigenvalue weighted by Gasteiger charge is 1.97. The predicted molar refractivity (Wildman–Crippen MR) is 85.6 cm³/mol. The highest BCUT2D eigenvalue weighted by Crippen LogP contribution is 2.19. The van der Waals surface area contributed by atoms with Crippen LogP contribution in [-0.4, -0.2) is 5.78 Å². The van der Waals surface area contributed by atoms with Gasteiger partial charge in [-0.05, 0) is 35.8 Å². The molecule has 106 valence electrons. The molecule has 0 spiro atoms. The van der Waals surface area contributed by atoms with E-state index >= 15 is 0 Å². The molecule has 0 heterocycles. The maximum atomic E-state index is 10.7. The van der Waals surface area contributed by atoms with E-state index in [0.29, 0.717) is 6.61 Å². The zero-order valence-electron chi connectivity index (χ0n) is 12.0. The van der Waals surface area contributed by atoms with Crippen LogP contribution < -0.4 is 0 Å². The molecule has 0 aromatic heterocycles. The molecule has 0 radical (unpaired) electrons. The molecule has 0 aliphatic carbocycles. The van der Waals surface area contributed by atoms with Gasteiger partial charge in [0, 0.05) is 0 Å². The molecule has 2 aromatic carbocycles. The van der Waals surface area contributed by atoms with E-state index in [0.717, 1.165) is 5.56 Å². The van der Waals surface area contributed by atoms with E-state index in [1.54, 1.807) is 18.4 Å². The van der Waals surface area contributed by atoms with Gasteiger partial charge < -0.3 is 4.74 Å². The smallest absolute Gasteiger partial charge is 0.152 e. The van der Waals surface area contributed by atoms with Crippen molar-refractivity contribution >= 4 is 5.78 Å². The van der Waals surface area contributed by atoms with Crippen LogP contribution in [0.4, 0.5) is 0 Å². The van der Waals surface area contributed by atoms with Crippen molar-refractivity contribution in [3.63, 3.8) is 0 Å². The number of rotatable bonds is 6. The van der Waals surface area contributed by atoms with Crippen LogP contribution in [0, 0.1) is 0 Å². The molecule has 2 aromatic rings. The van der Waals surface area contributed by atoms with Crippen LogP contribution in [0.15, 0.2) is 79.1 Å². The Hall–Kier alpha value is -2.61. The molecule has 0 atom stereocenters. The molecule has 0 amide bonds. The molecule has 2 rings (SSSR count). The number of carbonyl (C=O) groups excluding carboxylic acids is 1. The highest BCUT2D eigenvalue weighted by molar-refractivity contribution is 5.87. The van der Waals surface area contributed by atoms with Crippen LogP contribution in [0.25, 0.3) is 11.1 Å². The Morgan fingerprint density at radius 3 is 2.29 bits per heavy atom. The zero-order chi connectivity index (χ0) is 14.9. The predicted octanol–water partition coefficient (Wildman–Crippen LogP) is 4.53. The number of benzene rings is 2. The molecule has 0 N–H and O–H groups in total. The highest BCUT2D eigenvalue weighted by atomic mass is 16.5. The summed E-state index contributed by atoms with van der Waals surface area (Å²) in [5.41, 5.74) is 3.51. The van der Waals surface area contributed by atoms with Gasteiger partial charge in [0.2, 0.25) is 0 Å². The van der Waals surface area contributed by atoms with Crippen LogP contribution in [-0.2, 0) is 16.1 Å². The molecule has 0 saturated heterocycles. The second-order valence-electron chi connectivity index (χ2n) is 4.67. The summed E-state index contributed by atoms with van der Waals surface area (Å²) < 4.78 is 5.40. The van der Waals surface area contributed by atoms with Crippen molar-refractivity contribution < 1.29 is 9.53 Å². The van der Waals surface area contributed by atoms with Crippen LogP contribution in [0.5, 0.6) is 0 Å². The molecular weight excluding hydrogens is 260 g/mol. The summed E-state index contributed by atoms with van der Waals surface area (Å²) in [7, 11) is 0. The molecule has 0 fully saturated rings. The molecule has 2 nitrogen and oxygen atoms in total. The van der Waals surface area contributed by atoms with Crippen LogP contribution in [0.2, 0.25) is 0 Å². The standard InChI is InChI=1S/C19H18O2/c1-16(20)7-5-6-14-21-15-17-10-12-19(13-11-17)18-8-3-2-4-9-18/h2-14H,15H2,1H3. The molecule has 2 heteroatoms. The third kappa shape index (κ3) is 5.11. The minimum atomic E-state index is 0.0242. The lowest BCUT2D eigenvalue weighted by atomic mass is 10.0. The van der Waals surface area contributed by atoms with Crippen molar-refractivity contribution in [1.29, 1.82) is 0 Å². The Morgan fingerprint density at radius 1 is 0.952 bits per heavy atom. The summed E-state index contributed by atoms with van der Waals surface area (Å²) in [5, 5.41) is 0. The lowest BCUT2D eigenvalue weighted by molar-refractivity contribution is -0.112. The fraction of sp³-hybridized carbons (Fsp3) is 0.105. The number of hydrogen-bond donors (Lipinski definition) is 0. The first-order chi connectivity index (χ1) is 10.3. The van der Waals surface area contributed by atoms with E-state index in [9.17, 15) is 4.79 Å². The quantitative estimate of drug-likeness (QED) is 0.441. The fourth-order valence-electron chi connectivity index (χ4n) is 1.86. The van der Waals surface area contributed by atoms with Crippen LogP contribution in [0.3, 0.4) is 0 Å². The van der Waals surface area contributed by atoms with E-state index < -0.39 is 0 Å². The molecule has 0 saturated carbocycles. The first-order valence-corrected chi connectivity index (χ1v) is 6.85.